The van der Waals surface area contributed by atoms with Crippen molar-refractivity contribution in [1.29, 1.82) is 0 Å². The average molecular weight is 401 g/mol. The Kier molecular flexibility index (Phi) is 3.96. The van der Waals surface area contributed by atoms with Gasteiger partial charge in [0, 0.05) is 43.0 Å². The molecule has 27 heavy (non-hydrogen) atoms. The first kappa shape index (κ1) is 17.1. The molecule has 5 rings (SSSR count). The second-order valence-electron chi connectivity index (χ2n) is 7.22. The molecule has 0 aliphatic carbocycles. The van der Waals surface area contributed by atoms with E-state index in [0.29, 0.717) is 17.3 Å². The molecular weight excluding hydrogens is 380 g/mol. The fourth-order valence-electron chi connectivity index (χ4n) is 4.38. The third kappa shape index (κ3) is 2.66. The lowest BCUT2D eigenvalue weighted by molar-refractivity contribution is 0.228. The SMILES string of the molecule is O=S(=O)(c1cccs1)N1CCC2(CC1)CCn1c(-c3ccncc3)cnc12. The standard InChI is InChI=1S/C19H20N4O2S2/c24-27(25,17-2-1-13-26-17)22-10-5-19(6-11-22)7-12-23-16(14-21-18(19)23)15-3-8-20-9-4-15/h1-4,8-9,13-14H,5-7,10-12H2. The van der Waals surface area contributed by atoms with Crippen LogP contribution in [-0.2, 0) is 22.0 Å². The molecule has 0 N–H and O–H groups in total. The second kappa shape index (κ2) is 6.25. The maximum atomic E-state index is 12.8. The zero-order valence-electron chi connectivity index (χ0n) is 14.8. The molecule has 8 heteroatoms. The highest BCUT2D eigenvalue weighted by Crippen LogP contribution is 2.45. The molecule has 0 radical (unpaired) electrons. The number of aromatic nitrogens is 3. The topological polar surface area (TPSA) is 68.1 Å². The van der Waals surface area contributed by atoms with E-state index in [1.807, 2.05) is 23.7 Å². The zero-order valence-corrected chi connectivity index (χ0v) is 16.4. The highest BCUT2D eigenvalue weighted by atomic mass is 32.2. The molecule has 2 aliphatic heterocycles. The summed E-state index contributed by atoms with van der Waals surface area (Å²) < 4.78 is 30.0. The molecular formula is C19H20N4O2S2. The molecule has 5 heterocycles. The normalized spacial score (nSPS) is 19.4. The summed E-state index contributed by atoms with van der Waals surface area (Å²) in [5.74, 6) is 1.11. The molecule has 1 spiro atoms. The van der Waals surface area contributed by atoms with E-state index < -0.39 is 10.0 Å². The van der Waals surface area contributed by atoms with Crippen LogP contribution in [0.4, 0.5) is 0 Å². The summed E-state index contributed by atoms with van der Waals surface area (Å²) in [6, 6.07) is 7.49. The fourth-order valence-corrected chi connectivity index (χ4v) is 6.97. The Labute approximate surface area is 162 Å². The van der Waals surface area contributed by atoms with Crippen LogP contribution in [0.1, 0.15) is 25.1 Å². The Bertz CT molecular complexity index is 1050. The first-order valence-corrected chi connectivity index (χ1v) is 11.4. The lowest BCUT2D eigenvalue weighted by atomic mass is 9.77. The number of sulfonamides is 1. The van der Waals surface area contributed by atoms with Crippen LogP contribution in [0.3, 0.4) is 0 Å². The van der Waals surface area contributed by atoms with Gasteiger partial charge in [0.05, 0.1) is 11.9 Å². The van der Waals surface area contributed by atoms with E-state index in [-0.39, 0.29) is 5.41 Å². The van der Waals surface area contributed by atoms with E-state index in [9.17, 15) is 8.42 Å². The van der Waals surface area contributed by atoms with Gasteiger partial charge in [0.2, 0.25) is 0 Å². The van der Waals surface area contributed by atoms with E-state index in [2.05, 4.69) is 9.55 Å². The van der Waals surface area contributed by atoms with E-state index in [0.717, 1.165) is 42.9 Å². The number of piperidine rings is 1. The van der Waals surface area contributed by atoms with E-state index >= 15 is 0 Å². The van der Waals surface area contributed by atoms with E-state index in [4.69, 9.17) is 4.98 Å². The number of hydrogen-bond acceptors (Lipinski definition) is 5. The van der Waals surface area contributed by atoms with E-state index in [1.54, 1.807) is 28.8 Å². The minimum absolute atomic E-state index is 0.00719. The predicted octanol–water partition coefficient (Wildman–Crippen LogP) is 3.13. The van der Waals surface area contributed by atoms with Gasteiger partial charge in [-0.1, -0.05) is 6.07 Å². The molecule has 3 aromatic rings. The van der Waals surface area contributed by atoms with Crippen LogP contribution >= 0.6 is 11.3 Å². The molecule has 2 aliphatic rings. The van der Waals surface area contributed by atoms with E-state index in [1.165, 1.54) is 11.3 Å². The number of pyridine rings is 1. The minimum atomic E-state index is -3.36. The highest BCUT2D eigenvalue weighted by molar-refractivity contribution is 7.91. The van der Waals surface area contributed by atoms with Crippen LogP contribution in [0, 0.1) is 0 Å². The molecule has 0 atom stereocenters. The average Bonchev–Trinajstić information content (AvgIpc) is 3.42. The summed E-state index contributed by atoms with van der Waals surface area (Å²) in [4.78, 5) is 8.86. The Balaban J connectivity index is 1.40. The van der Waals surface area contributed by atoms with Crippen LogP contribution in [0.25, 0.3) is 11.3 Å². The fraction of sp³-hybridized carbons (Fsp3) is 0.368. The summed E-state index contributed by atoms with van der Waals surface area (Å²) in [6.07, 6.45) is 8.22. The van der Waals surface area contributed by atoms with Gasteiger partial charge in [-0.25, -0.2) is 13.4 Å². The summed E-state index contributed by atoms with van der Waals surface area (Å²) in [7, 11) is -3.36. The molecule has 0 bridgehead atoms. The lowest BCUT2D eigenvalue weighted by Crippen LogP contribution is -2.44. The van der Waals surface area contributed by atoms with Crippen molar-refractivity contribution in [3.05, 3.63) is 54.1 Å². The summed E-state index contributed by atoms with van der Waals surface area (Å²) in [5.41, 5.74) is 2.24. The van der Waals surface area contributed by atoms with Crippen molar-refractivity contribution in [2.24, 2.45) is 0 Å². The van der Waals surface area contributed by atoms with Crippen LogP contribution in [-0.4, -0.2) is 40.3 Å². The highest BCUT2D eigenvalue weighted by Gasteiger charge is 2.45. The summed E-state index contributed by atoms with van der Waals surface area (Å²) in [5, 5.41) is 1.81. The lowest BCUT2D eigenvalue weighted by Gasteiger charge is -2.37. The van der Waals surface area contributed by atoms with Gasteiger partial charge in [-0.2, -0.15) is 4.31 Å². The van der Waals surface area contributed by atoms with Crippen LogP contribution in [0.15, 0.2) is 52.4 Å². The molecule has 6 nitrogen and oxygen atoms in total. The van der Waals surface area contributed by atoms with Crippen LogP contribution < -0.4 is 0 Å². The van der Waals surface area contributed by atoms with Gasteiger partial charge >= 0.3 is 0 Å². The monoisotopic (exact) mass is 400 g/mol. The first-order valence-electron chi connectivity index (χ1n) is 9.10. The largest absolute Gasteiger partial charge is 0.328 e. The second-order valence-corrected chi connectivity index (χ2v) is 10.3. The van der Waals surface area contributed by atoms with Crippen molar-refractivity contribution in [1.82, 2.24) is 18.8 Å². The number of nitrogens with zero attached hydrogens (tertiary/aromatic N) is 4. The third-order valence-electron chi connectivity index (χ3n) is 5.89. The number of thiophene rings is 1. The molecule has 140 valence electrons. The van der Waals surface area contributed by atoms with Gasteiger partial charge in [0.15, 0.2) is 0 Å². The van der Waals surface area contributed by atoms with Crippen LogP contribution in [0.2, 0.25) is 0 Å². The van der Waals surface area contributed by atoms with Gasteiger partial charge in [0.25, 0.3) is 10.0 Å². The number of rotatable bonds is 3. The molecule has 1 fully saturated rings. The molecule has 0 amide bonds. The Morgan fingerprint density at radius 2 is 1.78 bits per heavy atom. The third-order valence-corrected chi connectivity index (χ3v) is 9.16. The number of fused-ring (bicyclic) bond motifs is 2. The van der Waals surface area contributed by atoms with Crippen LogP contribution in [0.5, 0.6) is 0 Å². The van der Waals surface area contributed by atoms with Crippen molar-refractivity contribution < 1.29 is 8.42 Å². The van der Waals surface area contributed by atoms with Crippen molar-refractivity contribution in [2.45, 2.75) is 35.4 Å². The van der Waals surface area contributed by atoms with Gasteiger partial charge < -0.3 is 4.57 Å². The quantitative estimate of drug-likeness (QED) is 0.677. The van der Waals surface area contributed by atoms with Crippen molar-refractivity contribution in [3.63, 3.8) is 0 Å². The van der Waals surface area contributed by atoms with Gasteiger partial charge in [0.1, 0.15) is 10.0 Å². The van der Waals surface area contributed by atoms with Crippen molar-refractivity contribution in [3.8, 4) is 11.3 Å². The molecule has 3 aromatic heterocycles. The van der Waals surface area contributed by atoms with Gasteiger partial charge in [-0.15, -0.1) is 11.3 Å². The van der Waals surface area contributed by atoms with Gasteiger partial charge in [-0.3, -0.25) is 4.98 Å². The minimum Gasteiger partial charge on any atom is -0.328 e. The van der Waals surface area contributed by atoms with Crippen molar-refractivity contribution >= 4 is 21.4 Å². The molecule has 0 aromatic carbocycles. The Morgan fingerprint density at radius 1 is 1.04 bits per heavy atom. The maximum Gasteiger partial charge on any atom is 0.252 e. The maximum absolute atomic E-state index is 12.8. The number of imidazole rings is 1. The first-order chi connectivity index (χ1) is 13.1. The van der Waals surface area contributed by atoms with Crippen molar-refractivity contribution in [2.75, 3.05) is 13.1 Å². The summed E-state index contributed by atoms with van der Waals surface area (Å²) in [6.45, 7) is 2.04. The smallest absolute Gasteiger partial charge is 0.252 e. The number of hydrogen-bond donors (Lipinski definition) is 0. The van der Waals surface area contributed by atoms with Gasteiger partial charge in [-0.05, 0) is 42.8 Å². The Morgan fingerprint density at radius 3 is 2.48 bits per heavy atom. The Hall–Kier alpha value is -2.03. The molecule has 0 unspecified atom stereocenters. The molecule has 1 saturated heterocycles. The molecule has 0 saturated carbocycles. The zero-order chi connectivity index (χ0) is 18.5. The summed E-state index contributed by atoms with van der Waals surface area (Å²) >= 11 is 1.29. The predicted molar refractivity (Wildman–Crippen MR) is 104 cm³/mol.